The van der Waals surface area contributed by atoms with Gasteiger partial charge >= 0.3 is 0 Å². The highest BCUT2D eigenvalue weighted by Crippen LogP contribution is 1.90. The fourth-order valence-corrected chi connectivity index (χ4v) is 0.611. The summed E-state index contributed by atoms with van der Waals surface area (Å²) in [5.41, 5.74) is 0. The first-order valence-electron chi connectivity index (χ1n) is 2.51. The van der Waals surface area contributed by atoms with Crippen molar-refractivity contribution in [1.82, 2.24) is 0 Å². The first-order valence-corrected chi connectivity index (χ1v) is 3.45. The average Bonchev–Trinajstić information content (AvgIpc) is 1.81. The standard InChI is InChI=1S/C5H8ClNS/c6-3-1-2-4-7-5-8/h1-4H2. The molecule has 46 valence electrons. The first kappa shape index (κ1) is 8.09. The van der Waals surface area contributed by atoms with Crippen LogP contribution < -0.4 is 0 Å². The van der Waals surface area contributed by atoms with Crippen molar-refractivity contribution in [3.8, 4) is 0 Å². The van der Waals surface area contributed by atoms with Gasteiger partial charge in [0.25, 0.3) is 0 Å². The van der Waals surface area contributed by atoms with Crippen LogP contribution in [0.5, 0.6) is 0 Å². The molecule has 0 aromatic rings. The molecule has 8 heavy (non-hydrogen) atoms. The minimum Gasteiger partial charge on any atom is -0.233 e. The number of unbranched alkanes of at least 4 members (excludes halogenated alkanes) is 1. The van der Waals surface area contributed by atoms with Crippen LogP contribution in [0.15, 0.2) is 4.99 Å². The summed E-state index contributed by atoms with van der Waals surface area (Å²) >= 11 is 9.74. The summed E-state index contributed by atoms with van der Waals surface area (Å²) in [6, 6.07) is 0. The number of rotatable bonds is 4. The lowest BCUT2D eigenvalue weighted by Gasteiger charge is -1.86. The molecule has 0 aromatic carbocycles. The van der Waals surface area contributed by atoms with Gasteiger partial charge < -0.3 is 0 Å². The zero-order chi connectivity index (χ0) is 6.24. The van der Waals surface area contributed by atoms with E-state index in [1.807, 2.05) is 0 Å². The molecule has 0 atom stereocenters. The molecule has 0 N–H and O–H groups in total. The van der Waals surface area contributed by atoms with Gasteiger partial charge in [-0.2, -0.15) is 0 Å². The van der Waals surface area contributed by atoms with Gasteiger partial charge in [0.05, 0.1) is 5.16 Å². The summed E-state index contributed by atoms with van der Waals surface area (Å²) in [6.45, 7) is 0.774. The lowest BCUT2D eigenvalue weighted by molar-refractivity contribution is 0.816. The minimum atomic E-state index is 0.715. The topological polar surface area (TPSA) is 12.4 Å². The molecule has 3 heteroatoms. The molecule has 0 unspecified atom stereocenters. The maximum absolute atomic E-state index is 5.39. The second-order valence-corrected chi connectivity index (χ2v) is 1.93. The molecule has 0 aromatic heterocycles. The highest BCUT2D eigenvalue weighted by molar-refractivity contribution is 7.78. The highest BCUT2D eigenvalue weighted by Gasteiger charge is 1.80. The van der Waals surface area contributed by atoms with E-state index >= 15 is 0 Å². The first-order chi connectivity index (χ1) is 3.91. The Bertz CT molecular complexity index is 88.4. The number of halogens is 1. The summed E-state index contributed by atoms with van der Waals surface area (Å²) in [7, 11) is 0. The van der Waals surface area contributed by atoms with Crippen molar-refractivity contribution in [1.29, 1.82) is 0 Å². The molecule has 0 aliphatic carbocycles. The van der Waals surface area contributed by atoms with Crippen LogP contribution in [0.3, 0.4) is 0 Å². The van der Waals surface area contributed by atoms with Crippen LogP contribution in [-0.4, -0.2) is 17.6 Å². The third kappa shape index (κ3) is 6.09. The number of isothiocyanates is 1. The van der Waals surface area contributed by atoms with Gasteiger partial charge in [-0.05, 0) is 25.1 Å². The molecule has 0 aliphatic heterocycles. The van der Waals surface area contributed by atoms with Crippen LogP contribution in [0.2, 0.25) is 0 Å². The number of hydrogen-bond acceptors (Lipinski definition) is 2. The molecule has 0 heterocycles. The van der Waals surface area contributed by atoms with Crippen molar-refractivity contribution >= 4 is 29.0 Å². The smallest absolute Gasteiger partial charge is 0.0584 e. The molecule has 0 saturated carbocycles. The van der Waals surface area contributed by atoms with Gasteiger partial charge in [-0.15, -0.1) is 11.6 Å². The Morgan fingerprint density at radius 2 is 2.25 bits per heavy atom. The number of nitrogens with zero attached hydrogens (tertiary/aromatic N) is 1. The van der Waals surface area contributed by atoms with Crippen LogP contribution in [-0.2, 0) is 0 Å². The second-order valence-electron chi connectivity index (χ2n) is 1.37. The maximum atomic E-state index is 5.39. The number of hydrogen-bond donors (Lipinski definition) is 0. The Kier molecular flexibility index (Phi) is 7.17. The molecular weight excluding hydrogens is 142 g/mol. The molecular formula is C5H8ClNS. The second kappa shape index (κ2) is 7.09. The van der Waals surface area contributed by atoms with E-state index < -0.39 is 0 Å². The zero-order valence-electron chi connectivity index (χ0n) is 4.56. The molecule has 0 spiro atoms. The third-order valence-electron chi connectivity index (χ3n) is 0.718. The normalized spacial score (nSPS) is 8.12. The maximum Gasteiger partial charge on any atom is 0.0584 e. The van der Waals surface area contributed by atoms with E-state index in [1.54, 1.807) is 0 Å². The van der Waals surface area contributed by atoms with E-state index in [2.05, 4.69) is 22.4 Å². The van der Waals surface area contributed by atoms with Gasteiger partial charge in [0, 0.05) is 12.4 Å². The monoisotopic (exact) mass is 149 g/mol. The number of alkyl halides is 1. The van der Waals surface area contributed by atoms with Crippen molar-refractivity contribution in [2.75, 3.05) is 12.4 Å². The van der Waals surface area contributed by atoms with Crippen LogP contribution in [0.1, 0.15) is 12.8 Å². The molecule has 0 radical (unpaired) electrons. The number of thiocarbonyl (C=S) groups is 1. The van der Waals surface area contributed by atoms with Crippen molar-refractivity contribution in [2.24, 2.45) is 4.99 Å². The minimum absolute atomic E-state index is 0.715. The van der Waals surface area contributed by atoms with E-state index in [9.17, 15) is 0 Å². The van der Waals surface area contributed by atoms with Crippen LogP contribution in [0, 0.1) is 0 Å². The summed E-state index contributed by atoms with van der Waals surface area (Å²) in [5, 5.41) is 2.29. The number of aliphatic imine (C=N–C) groups is 1. The molecule has 0 bridgehead atoms. The largest absolute Gasteiger partial charge is 0.233 e. The van der Waals surface area contributed by atoms with E-state index in [1.165, 1.54) is 0 Å². The fourth-order valence-electron chi connectivity index (χ4n) is 0.331. The summed E-state index contributed by atoms with van der Waals surface area (Å²) in [6.07, 6.45) is 2.04. The van der Waals surface area contributed by atoms with Gasteiger partial charge in [-0.3, -0.25) is 0 Å². The predicted molar refractivity (Wildman–Crippen MR) is 39.8 cm³/mol. The van der Waals surface area contributed by atoms with Gasteiger partial charge in [0.15, 0.2) is 0 Å². The zero-order valence-corrected chi connectivity index (χ0v) is 6.13. The van der Waals surface area contributed by atoms with Crippen LogP contribution >= 0.6 is 23.8 Å². The Balaban J connectivity index is 2.82. The van der Waals surface area contributed by atoms with Crippen LogP contribution in [0.25, 0.3) is 0 Å². The van der Waals surface area contributed by atoms with E-state index in [-0.39, 0.29) is 0 Å². The molecule has 0 fully saturated rings. The molecule has 1 nitrogen and oxygen atoms in total. The lowest BCUT2D eigenvalue weighted by Crippen LogP contribution is -1.80. The Labute approximate surface area is 59.8 Å². The molecule has 0 rings (SSSR count). The SMILES string of the molecule is S=C=NCCCCCl. The molecule has 0 aliphatic rings. The quantitative estimate of drug-likeness (QED) is 0.258. The van der Waals surface area contributed by atoms with Crippen molar-refractivity contribution in [3.63, 3.8) is 0 Å². The Morgan fingerprint density at radius 1 is 1.50 bits per heavy atom. The van der Waals surface area contributed by atoms with Gasteiger partial charge in [0.2, 0.25) is 0 Å². The Hall–Kier alpha value is 0.0900. The van der Waals surface area contributed by atoms with E-state index in [0.29, 0.717) is 5.88 Å². The van der Waals surface area contributed by atoms with E-state index in [0.717, 1.165) is 19.4 Å². The van der Waals surface area contributed by atoms with Crippen molar-refractivity contribution < 1.29 is 0 Å². The average molecular weight is 150 g/mol. The van der Waals surface area contributed by atoms with E-state index in [4.69, 9.17) is 11.6 Å². The predicted octanol–water partition coefficient (Wildman–Crippen LogP) is 2.11. The van der Waals surface area contributed by atoms with Gasteiger partial charge in [-0.25, -0.2) is 4.99 Å². The van der Waals surface area contributed by atoms with Crippen molar-refractivity contribution in [2.45, 2.75) is 12.8 Å². The van der Waals surface area contributed by atoms with Crippen LogP contribution in [0.4, 0.5) is 0 Å². The fraction of sp³-hybridized carbons (Fsp3) is 0.800. The van der Waals surface area contributed by atoms with Gasteiger partial charge in [0.1, 0.15) is 0 Å². The summed E-state index contributed by atoms with van der Waals surface area (Å²) < 4.78 is 0. The lowest BCUT2D eigenvalue weighted by atomic mass is 10.3. The highest BCUT2D eigenvalue weighted by atomic mass is 35.5. The van der Waals surface area contributed by atoms with Gasteiger partial charge in [-0.1, -0.05) is 0 Å². The molecule has 0 amide bonds. The summed E-state index contributed by atoms with van der Waals surface area (Å²) in [5.74, 6) is 0.715. The van der Waals surface area contributed by atoms with Crippen molar-refractivity contribution in [3.05, 3.63) is 0 Å². The third-order valence-corrected chi connectivity index (χ3v) is 1.11. The molecule has 0 saturated heterocycles. The summed E-state index contributed by atoms with van der Waals surface area (Å²) in [4.78, 5) is 3.72. The Morgan fingerprint density at radius 3 is 2.75 bits per heavy atom.